The van der Waals surface area contributed by atoms with Gasteiger partial charge in [0, 0.05) is 12.5 Å². The average Bonchev–Trinajstić information content (AvgIpc) is 2.64. The zero-order chi connectivity index (χ0) is 11.5. The monoisotopic (exact) mass is 272 g/mol. The molecular formula is C11H10Cl2N2S. The van der Waals surface area contributed by atoms with Crippen LogP contribution in [0.3, 0.4) is 0 Å². The molecule has 2 rings (SSSR count). The summed E-state index contributed by atoms with van der Waals surface area (Å²) < 4.78 is 0.752. The van der Waals surface area contributed by atoms with E-state index in [1.165, 1.54) is 11.3 Å². The molecule has 0 aliphatic carbocycles. The van der Waals surface area contributed by atoms with Crippen molar-refractivity contribution in [3.05, 3.63) is 33.5 Å². The minimum absolute atomic E-state index is 0.484. The van der Waals surface area contributed by atoms with E-state index >= 15 is 0 Å². The van der Waals surface area contributed by atoms with Crippen molar-refractivity contribution in [3.8, 4) is 10.6 Å². The summed E-state index contributed by atoms with van der Waals surface area (Å²) in [5.41, 5.74) is 0.848. The Morgan fingerprint density at radius 2 is 2.06 bits per heavy atom. The van der Waals surface area contributed by atoms with Crippen LogP contribution in [-0.2, 0) is 6.42 Å². The molecule has 0 saturated heterocycles. The third-order valence-electron chi connectivity index (χ3n) is 2.04. The van der Waals surface area contributed by atoms with Crippen LogP contribution in [0.25, 0.3) is 10.6 Å². The highest BCUT2D eigenvalue weighted by Gasteiger charge is 2.07. The van der Waals surface area contributed by atoms with Crippen LogP contribution in [0.4, 0.5) is 0 Å². The fourth-order valence-corrected chi connectivity index (χ4v) is 2.58. The normalized spacial score (nSPS) is 10.7. The smallest absolute Gasteiger partial charge is 0.133 e. The Hall–Kier alpha value is -0.640. The van der Waals surface area contributed by atoms with E-state index in [2.05, 4.69) is 16.9 Å². The number of thiophene rings is 1. The minimum atomic E-state index is 0.484. The Labute approximate surface area is 108 Å². The van der Waals surface area contributed by atoms with Crippen molar-refractivity contribution in [3.63, 3.8) is 0 Å². The zero-order valence-corrected chi connectivity index (χ0v) is 11.0. The van der Waals surface area contributed by atoms with Crippen LogP contribution in [0.2, 0.25) is 9.49 Å². The van der Waals surface area contributed by atoms with Crippen LogP contribution in [-0.4, -0.2) is 9.97 Å². The summed E-state index contributed by atoms with van der Waals surface area (Å²) >= 11 is 13.3. The fourth-order valence-electron chi connectivity index (χ4n) is 1.38. The van der Waals surface area contributed by atoms with E-state index < -0.39 is 0 Å². The van der Waals surface area contributed by atoms with Crippen molar-refractivity contribution >= 4 is 34.5 Å². The summed E-state index contributed by atoms with van der Waals surface area (Å²) in [6.07, 6.45) is 1.84. The molecule has 2 aromatic rings. The molecule has 5 heteroatoms. The first-order chi connectivity index (χ1) is 7.69. The van der Waals surface area contributed by atoms with Gasteiger partial charge in [0.1, 0.15) is 11.0 Å². The van der Waals surface area contributed by atoms with Crippen molar-refractivity contribution < 1.29 is 0 Å². The maximum atomic E-state index is 5.96. The lowest BCUT2D eigenvalue weighted by atomic mass is 10.3. The molecule has 0 aliphatic rings. The van der Waals surface area contributed by atoms with E-state index in [1.807, 2.05) is 12.1 Å². The predicted molar refractivity (Wildman–Crippen MR) is 69.4 cm³/mol. The van der Waals surface area contributed by atoms with Gasteiger partial charge in [0.05, 0.1) is 14.9 Å². The molecule has 0 saturated carbocycles. The van der Waals surface area contributed by atoms with E-state index in [0.717, 1.165) is 33.6 Å². The molecule has 2 heterocycles. The molecule has 0 aromatic carbocycles. The summed E-state index contributed by atoms with van der Waals surface area (Å²) in [7, 11) is 0. The number of hydrogen-bond acceptors (Lipinski definition) is 3. The molecule has 0 N–H and O–H groups in total. The third kappa shape index (κ3) is 2.73. The number of rotatable bonds is 3. The van der Waals surface area contributed by atoms with Crippen LogP contribution in [0.1, 0.15) is 19.2 Å². The van der Waals surface area contributed by atoms with Crippen LogP contribution >= 0.6 is 34.5 Å². The van der Waals surface area contributed by atoms with Crippen LogP contribution in [0, 0.1) is 0 Å². The fraction of sp³-hybridized carbons (Fsp3) is 0.273. The maximum Gasteiger partial charge on any atom is 0.133 e. The summed E-state index contributed by atoms with van der Waals surface area (Å²) in [6.45, 7) is 2.09. The molecule has 0 bridgehead atoms. The Morgan fingerprint density at radius 1 is 1.25 bits per heavy atom. The Kier molecular flexibility index (Phi) is 3.79. The summed E-state index contributed by atoms with van der Waals surface area (Å²) in [5, 5.41) is 0.484. The highest BCUT2D eigenvalue weighted by molar-refractivity contribution is 7.19. The highest BCUT2D eigenvalue weighted by atomic mass is 35.5. The Balaban J connectivity index is 2.40. The molecular weight excluding hydrogens is 263 g/mol. The minimum Gasteiger partial charge on any atom is -0.232 e. The molecule has 0 unspecified atom stereocenters. The number of aromatic nitrogens is 2. The van der Waals surface area contributed by atoms with Gasteiger partial charge in [-0.25, -0.2) is 9.97 Å². The molecule has 0 amide bonds. The molecule has 0 atom stereocenters. The van der Waals surface area contributed by atoms with Crippen LogP contribution in [0.15, 0.2) is 18.2 Å². The SMILES string of the molecule is CCCc1nc(Cl)cc(-c2ccc(Cl)s2)n1. The van der Waals surface area contributed by atoms with Crippen molar-refractivity contribution in [2.24, 2.45) is 0 Å². The molecule has 0 fully saturated rings. The van der Waals surface area contributed by atoms with Gasteiger partial charge >= 0.3 is 0 Å². The van der Waals surface area contributed by atoms with Gasteiger partial charge in [0.15, 0.2) is 0 Å². The van der Waals surface area contributed by atoms with E-state index in [9.17, 15) is 0 Å². The van der Waals surface area contributed by atoms with Gasteiger partial charge in [-0.1, -0.05) is 30.1 Å². The quantitative estimate of drug-likeness (QED) is 0.771. The van der Waals surface area contributed by atoms with Gasteiger partial charge in [-0.05, 0) is 18.6 Å². The number of hydrogen-bond donors (Lipinski definition) is 0. The van der Waals surface area contributed by atoms with Crippen LogP contribution < -0.4 is 0 Å². The van der Waals surface area contributed by atoms with E-state index in [0.29, 0.717) is 5.15 Å². The topological polar surface area (TPSA) is 25.8 Å². The van der Waals surface area contributed by atoms with E-state index in [4.69, 9.17) is 23.2 Å². The van der Waals surface area contributed by atoms with Gasteiger partial charge in [-0.3, -0.25) is 0 Å². The number of aryl methyl sites for hydroxylation is 1. The largest absolute Gasteiger partial charge is 0.232 e. The third-order valence-corrected chi connectivity index (χ3v) is 3.49. The summed E-state index contributed by atoms with van der Waals surface area (Å²) in [4.78, 5) is 9.67. The van der Waals surface area contributed by atoms with E-state index in [-0.39, 0.29) is 0 Å². The number of nitrogens with zero attached hydrogens (tertiary/aromatic N) is 2. The average molecular weight is 273 g/mol. The van der Waals surface area contributed by atoms with Crippen molar-refractivity contribution in [1.82, 2.24) is 9.97 Å². The second kappa shape index (κ2) is 5.13. The predicted octanol–water partition coefficient (Wildman–Crippen LogP) is 4.46. The van der Waals surface area contributed by atoms with Crippen LogP contribution in [0.5, 0.6) is 0 Å². The van der Waals surface area contributed by atoms with Gasteiger partial charge < -0.3 is 0 Å². The first kappa shape index (κ1) is 11.8. The van der Waals surface area contributed by atoms with Gasteiger partial charge in [-0.2, -0.15) is 0 Å². The first-order valence-corrected chi connectivity index (χ1v) is 6.55. The zero-order valence-electron chi connectivity index (χ0n) is 8.70. The van der Waals surface area contributed by atoms with Crippen molar-refractivity contribution in [2.45, 2.75) is 19.8 Å². The highest BCUT2D eigenvalue weighted by Crippen LogP contribution is 2.30. The Bertz CT molecular complexity index is 496. The Morgan fingerprint density at radius 3 is 2.69 bits per heavy atom. The lowest BCUT2D eigenvalue weighted by Gasteiger charge is -2.02. The number of halogens is 2. The van der Waals surface area contributed by atoms with E-state index in [1.54, 1.807) is 6.07 Å². The maximum absolute atomic E-state index is 5.96. The molecule has 0 spiro atoms. The molecule has 2 aromatic heterocycles. The lowest BCUT2D eigenvalue weighted by molar-refractivity contribution is 0.837. The molecule has 2 nitrogen and oxygen atoms in total. The van der Waals surface area contributed by atoms with Gasteiger partial charge in [0.2, 0.25) is 0 Å². The van der Waals surface area contributed by atoms with Gasteiger partial charge in [-0.15, -0.1) is 11.3 Å². The molecule has 0 aliphatic heterocycles. The second-order valence-corrected chi connectivity index (χ2v) is 5.45. The van der Waals surface area contributed by atoms with Gasteiger partial charge in [0.25, 0.3) is 0 Å². The van der Waals surface area contributed by atoms with Crippen molar-refractivity contribution in [1.29, 1.82) is 0 Å². The standard InChI is InChI=1S/C11H10Cl2N2S/c1-2-3-11-14-7(6-9(12)15-11)8-4-5-10(13)16-8/h4-6H,2-3H2,1H3. The molecule has 16 heavy (non-hydrogen) atoms. The summed E-state index contributed by atoms with van der Waals surface area (Å²) in [6, 6.07) is 5.57. The van der Waals surface area contributed by atoms with Crippen molar-refractivity contribution in [2.75, 3.05) is 0 Å². The molecule has 84 valence electrons. The molecule has 0 radical (unpaired) electrons. The lowest BCUT2D eigenvalue weighted by Crippen LogP contribution is -1.96. The summed E-state index contributed by atoms with van der Waals surface area (Å²) in [5.74, 6) is 0.787. The second-order valence-electron chi connectivity index (χ2n) is 3.35. The first-order valence-electron chi connectivity index (χ1n) is 4.98.